The van der Waals surface area contributed by atoms with Crippen molar-refractivity contribution in [2.45, 2.75) is 6.92 Å². The van der Waals surface area contributed by atoms with Crippen molar-refractivity contribution < 1.29 is 23.5 Å². The molecule has 0 aliphatic carbocycles. The van der Waals surface area contributed by atoms with Crippen LogP contribution in [-0.2, 0) is 9.53 Å². The van der Waals surface area contributed by atoms with Gasteiger partial charge in [0.1, 0.15) is 17.2 Å². The number of carbonyl (C=O) groups is 3. The molecule has 1 fully saturated rings. The Bertz CT molecular complexity index is 910. The number of ether oxygens (including phenoxy) is 1. The maximum absolute atomic E-state index is 11.9. The molecule has 2 heterocycles. The summed E-state index contributed by atoms with van der Waals surface area (Å²) in [4.78, 5) is 35.9. The number of esters is 1. The fraction of sp³-hybridized carbons (Fsp3) is 0.167. The molecule has 0 unspecified atom stereocenters. The van der Waals surface area contributed by atoms with E-state index in [2.05, 4.69) is 5.32 Å². The number of carbonyl (C=O) groups excluding carboxylic acids is 3. The van der Waals surface area contributed by atoms with Crippen LogP contribution in [0.4, 0.5) is 4.79 Å². The summed E-state index contributed by atoms with van der Waals surface area (Å²) < 4.78 is 10.4. The number of methoxy groups -OCH3 is 1. The number of rotatable bonds is 3. The Labute approximate surface area is 143 Å². The third kappa shape index (κ3) is 3.03. The molecule has 25 heavy (non-hydrogen) atoms. The van der Waals surface area contributed by atoms with Crippen molar-refractivity contribution in [2.75, 3.05) is 14.2 Å². The number of aryl methyl sites for hydroxylation is 1. The van der Waals surface area contributed by atoms with Gasteiger partial charge in [-0.1, -0.05) is 6.07 Å². The Morgan fingerprint density at radius 3 is 2.60 bits per heavy atom. The average Bonchev–Trinajstić information content (AvgIpc) is 3.15. The standard InChI is InChI=1S/C18H16N2O5/c1-10-8-11(17(22)24-3)4-6-13(10)15-7-5-12(25-15)9-14-16(21)20(2)18(23)19-14/h4-9H,1-3H3,(H,19,23)/b14-9+. The first-order chi connectivity index (χ1) is 11.9. The number of likely N-dealkylation sites (N-methyl/N-ethyl adjacent to an activating group) is 1. The fourth-order valence-electron chi connectivity index (χ4n) is 2.53. The number of nitrogens with one attached hydrogen (secondary N) is 1. The first-order valence-electron chi connectivity index (χ1n) is 7.50. The van der Waals surface area contributed by atoms with Crippen LogP contribution in [0.25, 0.3) is 17.4 Å². The van der Waals surface area contributed by atoms with E-state index >= 15 is 0 Å². The topological polar surface area (TPSA) is 88.9 Å². The third-order valence-electron chi connectivity index (χ3n) is 3.91. The molecule has 1 aromatic carbocycles. The summed E-state index contributed by atoms with van der Waals surface area (Å²) in [6.07, 6.45) is 1.48. The van der Waals surface area contributed by atoms with Crippen LogP contribution in [0.15, 0.2) is 40.4 Å². The van der Waals surface area contributed by atoms with Crippen LogP contribution < -0.4 is 5.32 Å². The maximum Gasteiger partial charge on any atom is 0.337 e. The van der Waals surface area contributed by atoms with Gasteiger partial charge in [-0.15, -0.1) is 0 Å². The van der Waals surface area contributed by atoms with E-state index in [9.17, 15) is 14.4 Å². The first kappa shape index (κ1) is 16.5. The monoisotopic (exact) mass is 340 g/mol. The van der Waals surface area contributed by atoms with Gasteiger partial charge in [0.05, 0.1) is 12.7 Å². The molecule has 1 aliphatic heterocycles. The Morgan fingerprint density at radius 2 is 2.00 bits per heavy atom. The molecule has 1 saturated heterocycles. The zero-order valence-electron chi connectivity index (χ0n) is 14.0. The van der Waals surface area contributed by atoms with Gasteiger partial charge < -0.3 is 14.5 Å². The number of furan rings is 1. The van der Waals surface area contributed by atoms with Crippen molar-refractivity contribution in [3.8, 4) is 11.3 Å². The van der Waals surface area contributed by atoms with Crippen LogP contribution in [0.2, 0.25) is 0 Å². The number of hydrogen-bond donors (Lipinski definition) is 1. The summed E-state index contributed by atoms with van der Waals surface area (Å²) in [6.45, 7) is 1.86. The van der Waals surface area contributed by atoms with Gasteiger partial charge in [-0.3, -0.25) is 9.69 Å². The van der Waals surface area contributed by atoms with Gasteiger partial charge in [0.25, 0.3) is 5.91 Å². The Kier molecular flexibility index (Phi) is 4.14. The quantitative estimate of drug-likeness (QED) is 0.527. The van der Waals surface area contributed by atoms with Crippen molar-refractivity contribution >= 4 is 24.0 Å². The maximum atomic E-state index is 11.9. The number of benzene rings is 1. The molecule has 0 bridgehead atoms. The van der Waals surface area contributed by atoms with E-state index in [1.54, 1.807) is 30.3 Å². The molecule has 7 heteroatoms. The van der Waals surface area contributed by atoms with Gasteiger partial charge in [0.15, 0.2) is 0 Å². The second-order valence-electron chi connectivity index (χ2n) is 5.58. The van der Waals surface area contributed by atoms with E-state index in [4.69, 9.17) is 9.15 Å². The van der Waals surface area contributed by atoms with Gasteiger partial charge in [-0.25, -0.2) is 9.59 Å². The molecule has 1 aromatic heterocycles. The zero-order chi connectivity index (χ0) is 18.1. The third-order valence-corrected chi connectivity index (χ3v) is 3.91. The second kappa shape index (κ2) is 6.27. The van der Waals surface area contributed by atoms with Crippen LogP contribution >= 0.6 is 0 Å². The first-order valence-corrected chi connectivity index (χ1v) is 7.50. The number of nitrogens with zero attached hydrogens (tertiary/aromatic N) is 1. The molecule has 2 aromatic rings. The molecular formula is C18H16N2O5. The van der Waals surface area contributed by atoms with E-state index in [0.29, 0.717) is 17.1 Å². The van der Waals surface area contributed by atoms with Crippen molar-refractivity contribution in [2.24, 2.45) is 0 Å². The summed E-state index contributed by atoms with van der Waals surface area (Å²) in [5.74, 6) is 0.206. The van der Waals surface area contributed by atoms with E-state index in [-0.39, 0.29) is 5.70 Å². The fourth-order valence-corrected chi connectivity index (χ4v) is 2.53. The highest BCUT2D eigenvalue weighted by Gasteiger charge is 2.30. The summed E-state index contributed by atoms with van der Waals surface area (Å²) in [5.41, 5.74) is 2.28. The van der Waals surface area contributed by atoms with E-state index < -0.39 is 17.9 Å². The second-order valence-corrected chi connectivity index (χ2v) is 5.58. The van der Waals surface area contributed by atoms with E-state index in [1.165, 1.54) is 20.2 Å². The Balaban J connectivity index is 1.88. The van der Waals surface area contributed by atoms with E-state index in [0.717, 1.165) is 16.0 Å². The van der Waals surface area contributed by atoms with Gasteiger partial charge in [0, 0.05) is 18.7 Å². The molecule has 0 spiro atoms. The van der Waals surface area contributed by atoms with Gasteiger partial charge in [-0.2, -0.15) is 0 Å². The normalized spacial score (nSPS) is 15.6. The van der Waals surface area contributed by atoms with Gasteiger partial charge in [0.2, 0.25) is 0 Å². The summed E-state index contributed by atoms with van der Waals surface area (Å²) in [7, 11) is 2.73. The van der Waals surface area contributed by atoms with Gasteiger partial charge in [-0.05, 0) is 36.8 Å². The highest BCUT2D eigenvalue weighted by molar-refractivity contribution is 6.13. The molecule has 128 valence electrons. The Hall–Kier alpha value is -3.35. The van der Waals surface area contributed by atoms with Crippen LogP contribution in [0.5, 0.6) is 0 Å². The molecule has 1 aliphatic rings. The van der Waals surface area contributed by atoms with Crippen LogP contribution in [0.1, 0.15) is 21.7 Å². The SMILES string of the molecule is COC(=O)c1ccc(-c2ccc(/C=C3/NC(=O)N(C)C3=O)o2)c(C)c1. The lowest BCUT2D eigenvalue weighted by Crippen LogP contribution is -2.25. The minimum atomic E-state index is -0.475. The summed E-state index contributed by atoms with van der Waals surface area (Å²) in [6, 6.07) is 8.14. The average molecular weight is 340 g/mol. The van der Waals surface area contributed by atoms with Gasteiger partial charge >= 0.3 is 12.0 Å². The predicted octanol–water partition coefficient (Wildman–Crippen LogP) is 2.56. The largest absolute Gasteiger partial charge is 0.465 e. The number of imide groups is 1. The lowest BCUT2D eigenvalue weighted by atomic mass is 10.0. The van der Waals surface area contributed by atoms with Crippen molar-refractivity contribution in [1.82, 2.24) is 10.2 Å². The van der Waals surface area contributed by atoms with Crippen molar-refractivity contribution in [3.05, 3.63) is 52.9 Å². The molecule has 0 radical (unpaired) electrons. The molecule has 1 N–H and O–H groups in total. The minimum Gasteiger partial charge on any atom is -0.465 e. The Morgan fingerprint density at radius 1 is 1.24 bits per heavy atom. The van der Waals surface area contributed by atoms with E-state index in [1.807, 2.05) is 6.92 Å². The van der Waals surface area contributed by atoms with Crippen LogP contribution in [-0.4, -0.2) is 37.0 Å². The van der Waals surface area contributed by atoms with Crippen LogP contribution in [0, 0.1) is 6.92 Å². The van der Waals surface area contributed by atoms with Crippen molar-refractivity contribution in [3.63, 3.8) is 0 Å². The molecule has 3 rings (SSSR count). The number of urea groups is 1. The van der Waals surface area contributed by atoms with Crippen LogP contribution in [0.3, 0.4) is 0 Å². The lowest BCUT2D eigenvalue weighted by Gasteiger charge is -2.05. The molecular weight excluding hydrogens is 324 g/mol. The molecule has 0 atom stereocenters. The highest BCUT2D eigenvalue weighted by Crippen LogP contribution is 2.27. The summed E-state index contributed by atoms with van der Waals surface area (Å²) in [5, 5.41) is 2.48. The minimum absolute atomic E-state index is 0.158. The smallest absolute Gasteiger partial charge is 0.337 e. The van der Waals surface area contributed by atoms with Crippen molar-refractivity contribution in [1.29, 1.82) is 0 Å². The number of amides is 3. The highest BCUT2D eigenvalue weighted by atomic mass is 16.5. The zero-order valence-corrected chi connectivity index (χ0v) is 14.0. The molecule has 0 saturated carbocycles. The molecule has 3 amide bonds. The predicted molar refractivity (Wildman–Crippen MR) is 89.5 cm³/mol. The summed E-state index contributed by atoms with van der Waals surface area (Å²) >= 11 is 0. The number of hydrogen-bond acceptors (Lipinski definition) is 5. The lowest BCUT2D eigenvalue weighted by molar-refractivity contribution is -0.121. The molecule has 7 nitrogen and oxygen atoms in total.